The van der Waals surface area contributed by atoms with Crippen molar-refractivity contribution in [1.82, 2.24) is 35.1 Å². The Morgan fingerprint density at radius 2 is 1.92 bits per heavy atom. The summed E-state index contributed by atoms with van der Waals surface area (Å²) in [5.41, 5.74) is 0.272. The highest BCUT2D eigenvalue weighted by atomic mass is 19.4. The summed E-state index contributed by atoms with van der Waals surface area (Å²) >= 11 is 0. The number of piperidine rings is 1. The van der Waals surface area contributed by atoms with E-state index in [9.17, 15) is 26.7 Å². The van der Waals surface area contributed by atoms with Gasteiger partial charge in [-0.3, -0.25) is 4.79 Å². The standard InChI is InChI=1S/C22H23F5N8O/c1-12-4-5-15(18-31-32-33-34(18)3)16(6-12)19(36)35-11-21(23,24)7-13(2)17(35)10-30-20-28-8-14(9-29-20)22(25,26)27/h4-6,8-9,13,17H,7,10-11H2,1-3H3,(H,28,29,30)/t13-,17-/m1/s1. The first kappa shape index (κ1) is 25.4. The molecule has 0 aliphatic carbocycles. The summed E-state index contributed by atoms with van der Waals surface area (Å²) in [4.78, 5) is 22.1. The van der Waals surface area contributed by atoms with Gasteiger partial charge in [-0.05, 0) is 29.3 Å². The number of alkyl halides is 5. The lowest BCUT2D eigenvalue weighted by molar-refractivity contribution is -0.138. The topological polar surface area (TPSA) is 102 Å². The molecular weight excluding hydrogens is 487 g/mol. The molecule has 0 radical (unpaired) electrons. The minimum Gasteiger partial charge on any atom is -0.352 e. The van der Waals surface area contributed by atoms with E-state index in [0.29, 0.717) is 23.8 Å². The Morgan fingerprint density at radius 3 is 2.53 bits per heavy atom. The maximum atomic E-state index is 14.6. The number of benzene rings is 1. The average Bonchev–Trinajstić information content (AvgIpc) is 3.22. The molecular formula is C22H23F5N8O. The van der Waals surface area contributed by atoms with E-state index in [1.165, 1.54) is 4.68 Å². The molecule has 1 N–H and O–H groups in total. The first-order valence-corrected chi connectivity index (χ1v) is 11.0. The second-order valence-electron chi connectivity index (χ2n) is 8.89. The number of aromatic nitrogens is 6. The Morgan fingerprint density at radius 1 is 1.22 bits per heavy atom. The number of amides is 1. The number of carbonyl (C=O) groups is 1. The largest absolute Gasteiger partial charge is 0.419 e. The molecule has 4 rings (SSSR count). The van der Waals surface area contributed by atoms with Gasteiger partial charge in [-0.2, -0.15) is 13.2 Å². The van der Waals surface area contributed by atoms with Gasteiger partial charge in [-0.15, -0.1) is 5.10 Å². The number of carbonyl (C=O) groups excluding carboxylic acids is 1. The lowest BCUT2D eigenvalue weighted by Crippen LogP contribution is -2.57. The highest BCUT2D eigenvalue weighted by Gasteiger charge is 2.46. The van der Waals surface area contributed by atoms with Crippen molar-refractivity contribution in [1.29, 1.82) is 0 Å². The summed E-state index contributed by atoms with van der Waals surface area (Å²) in [5.74, 6) is -4.20. The van der Waals surface area contributed by atoms with Gasteiger partial charge in [0.2, 0.25) is 5.95 Å². The first-order valence-electron chi connectivity index (χ1n) is 11.0. The fourth-order valence-corrected chi connectivity index (χ4v) is 4.28. The van der Waals surface area contributed by atoms with Crippen molar-refractivity contribution in [3.05, 3.63) is 47.3 Å². The third-order valence-corrected chi connectivity index (χ3v) is 6.06. The Kier molecular flexibility index (Phi) is 6.62. The van der Waals surface area contributed by atoms with Gasteiger partial charge in [0.05, 0.1) is 23.7 Å². The smallest absolute Gasteiger partial charge is 0.352 e. The summed E-state index contributed by atoms with van der Waals surface area (Å²) in [6.07, 6.45) is -3.78. The summed E-state index contributed by atoms with van der Waals surface area (Å²) in [6.45, 7) is 2.50. The van der Waals surface area contributed by atoms with E-state index in [-0.39, 0.29) is 18.1 Å². The van der Waals surface area contributed by atoms with Crippen LogP contribution in [0.1, 0.15) is 34.8 Å². The number of tetrazole rings is 1. The Labute approximate surface area is 202 Å². The molecule has 1 aliphatic heterocycles. The van der Waals surface area contributed by atoms with Crippen LogP contribution >= 0.6 is 0 Å². The van der Waals surface area contributed by atoms with Crippen molar-refractivity contribution in [2.75, 3.05) is 18.4 Å². The van der Waals surface area contributed by atoms with Gasteiger partial charge in [0.1, 0.15) is 0 Å². The maximum Gasteiger partial charge on any atom is 0.419 e. The van der Waals surface area contributed by atoms with Crippen LogP contribution < -0.4 is 5.32 Å². The molecule has 0 bridgehead atoms. The van der Waals surface area contributed by atoms with Crippen LogP contribution in [0.3, 0.4) is 0 Å². The quantitative estimate of drug-likeness (QED) is 0.524. The fourth-order valence-electron chi connectivity index (χ4n) is 4.28. The van der Waals surface area contributed by atoms with Crippen LogP contribution in [0.5, 0.6) is 0 Å². The minimum absolute atomic E-state index is 0.0407. The predicted octanol–water partition coefficient (Wildman–Crippen LogP) is 3.59. The van der Waals surface area contributed by atoms with E-state index in [1.807, 2.05) is 0 Å². The highest BCUT2D eigenvalue weighted by molar-refractivity contribution is 6.00. The Balaban J connectivity index is 1.63. The van der Waals surface area contributed by atoms with Crippen molar-refractivity contribution >= 4 is 11.9 Å². The number of likely N-dealkylation sites (tertiary alicyclic amines) is 1. The number of aryl methyl sites for hydroxylation is 2. The molecule has 1 aromatic carbocycles. The summed E-state index contributed by atoms with van der Waals surface area (Å²) in [6, 6.07) is 4.29. The lowest BCUT2D eigenvalue weighted by atomic mass is 9.87. The van der Waals surface area contributed by atoms with E-state index in [2.05, 4.69) is 30.8 Å². The molecule has 3 heterocycles. The van der Waals surface area contributed by atoms with Crippen molar-refractivity contribution in [3.8, 4) is 11.4 Å². The van der Waals surface area contributed by atoms with Gasteiger partial charge in [0.15, 0.2) is 5.82 Å². The van der Waals surface area contributed by atoms with Crippen LogP contribution in [0.15, 0.2) is 30.6 Å². The number of nitrogens with zero attached hydrogens (tertiary/aromatic N) is 7. The van der Waals surface area contributed by atoms with Crippen LogP contribution in [0.4, 0.5) is 27.9 Å². The van der Waals surface area contributed by atoms with Gasteiger partial charge >= 0.3 is 6.18 Å². The van der Waals surface area contributed by atoms with E-state index in [0.717, 1.165) is 10.5 Å². The Bertz CT molecular complexity index is 1240. The molecule has 1 saturated heterocycles. The SMILES string of the molecule is Cc1ccc(-c2nnnn2C)c(C(=O)N2CC(F)(F)C[C@@H](C)[C@H]2CNc2ncc(C(F)(F)F)cn2)c1. The van der Waals surface area contributed by atoms with Crippen LogP contribution in [-0.4, -0.2) is 66.0 Å². The zero-order chi connectivity index (χ0) is 26.3. The van der Waals surface area contributed by atoms with Gasteiger partial charge < -0.3 is 10.2 Å². The summed E-state index contributed by atoms with van der Waals surface area (Å²) in [5, 5.41) is 14.1. The van der Waals surface area contributed by atoms with Gasteiger partial charge in [-0.1, -0.05) is 24.6 Å². The lowest BCUT2D eigenvalue weighted by Gasteiger charge is -2.43. The van der Waals surface area contributed by atoms with Crippen molar-refractivity contribution in [2.24, 2.45) is 13.0 Å². The van der Waals surface area contributed by atoms with Crippen LogP contribution in [0.25, 0.3) is 11.4 Å². The fraction of sp³-hybridized carbons (Fsp3) is 0.455. The molecule has 0 spiro atoms. The normalized spacial score (nSPS) is 19.8. The van der Waals surface area contributed by atoms with Crippen molar-refractivity contribution < 1.29 is 26.7 Å². The zero-order valence-corrected chi connectivity index (χ0v) is 19.6. The molecule has 14 heteroatoms. The third-order valence-electron chi connectivity index (χ3n) is 6.06. The molecule has 0 saturated carbocycles. The van der Waals surface area contributed by atoms with E-state index < -0.39 is 48.5 Å². The number of halogens is 5. The van der Waals surface area contributed by atoms with Crippen LogP contribution in [-0.2, 0) is 13.2 Å². The first-order chi connectivity index (χ1) is 16.9. The number of rotatable bonds is 5. The molecule has 1 fully saturated rings. The van der Waals surface area contributed by atoms with E-state index in [1.54, 1.807) is 39.1 Å². The number of anilines is 1. The van der Waals surface area contributed by atoms with Crippen molar-refractivity contribution in [2.45, 2.75) is 38.4 Å². The van der Waals surface area contributed by atoms with Crippen LogP contribution in [0.2, 0.25) is 0 Å². The van der Waals surface area contributed by atoms with Gasteiger partial charge in [0.25, 0.3) is 11.8 Å². The second-order valence-corrected chi connectivity index (χ2v) is 8.89. The second kappa shape index (κ2) is 9.39. The van der Waals surface area contributed by atoms with Crippen molar-refractivity contribution in [3.63, 3.8) is 0 Å². The molecule has 9 nitrogen and oxygen atoms in total. The number of nitrogens with one attached hydrogen (secondary N) is 1. The van der Waals surface area contributed by atoms with E-state index >= 15 is 0 Å². The predicted molar refractivity (Wildman–Crippen MR) is 118 cm³/mol. The zero-order valence-electron chi connectivity index (χ0n) is 19.6. The third kappa shape index (κ3) is 5.26. The van der Waals surface area contributed by atoms with Crippen LogP contribution in [0, 0.1) is 12.8 Å². The molecule has 2 atom stereocenters. The number of hydrogen-bond donors (Lipinski definition) is 1. The minimum atomic E-state index is -4.59. The molecule has 3 aromatic rings. The summed E-state index contributed by atoms with van der Waals surface area (Å²) in [7, 11) is 1.59. The van der Waals surface area contributed by atoms with E-state index in [4.69, 9.17) is 0 Å². The molecule has 192 valence electrons. The van der Waals surface area contributed by atoms with Gasteiger partial charge in [0, 0.05) is 38.0 Å². The summed E-state index contributed by atoms with van der Waals surface area (Å²) < 4.78 is 68.9. The molecule has 1 aliphatic rings. The average molecular weight is 510 g/mol. The monoisotopic (exact) mass is 510 g/mol. The molecule has 2 aromatic heterocycles. The maximum absolute atomic E-state index is 14.6. The number of hydrogen-bond acceptors (Lipinski definition) is 7. The molecule has 0 unspecified atom stereocenters. The molecule has 1 amide bonds. The molecule has 36 heavy (non-hydrogen) atoms. The highest BCUT2D eigenvalue weighted by Crippen LogP contribution is 2.36. The van der Waals surface area contributed by atoms with Gasteiger partial charge in [-0.25, -0.2) is 23.4 Å². The Hall–Kier alpha value is -3.71.